The molecule has 0 aliphatic carbocycles. The van der Waals surface area contributed by atoms with Crippen molar-refractivity contribution in [2.75, 3.05) is 18.6 Å². The minimum Gasteiger partial charge on any atom is -0.497 e. The Morgan fingerprint density at radius 1 is 1.05 bits per heavy atom. The van der Waals surface area contributed by atoms with E-state index in [1.807, 2.05) is 62.4 Å². The summed E-state index contributed by atoms with van der Waals surface area (Å²) in [5, 5.41) is 3.94. The Labute approximate surface area is 226 Å². The number of imide groups is 1. The van der Waals surface area contributed by atoms with Gasteiger partial charge in [0.25, 0.3) is 11.8 Å². The number of rotatable bonds is 6. The van der Waals surface area contributed by atoms with Crippen LogP contribution in [0, 0.1) is 5.92 Å². The van der Waals surface area contributed by atoms with Crippen LogP contribution in [0.3, 0.4) is 0 Å². The van der Waals surface area contributed by atoms with E-state index in [0.717, 1.165) is 27.7 Å². The summed E-state index contributed by atoms with van der Waals surface area (Å²) >= 11 is 0. The van der Waals surface area contributed by atoms with Crippen LogP contribution in [0.4, 0.5) is 10.5 Å². The molecule has 2 aliphatic rings. The third-order valence-electron chi connectivity index (χ3n) is 7.52. The Morgan fingerprint density at radius 3 is 2.56 bits per heavy atom. The van der Waals surface area contributed by atoms with E-state index < -0.39 is 12.1 Å². The maximum absolute atomic E-state index is 14.0. The lowest BCUT2D eigenvalue weighted by Crippen LogP contribution is -2.44. The molecule has 39 heavy (non-hydrogen) atoms. The van der Waals surface area contributed by atoms with Gasteiger partial charge < -0.3 is 15.0 Å². The molecule has 198 valence electrons. The van der Waals surface area contributed by atoms with Gasteiger partial charge in [-0.3, -0.25) is 14.5 Å². The van der Waals surface area contributed by atoms with Gasteiger partial charge in [-0.05, 0) is 59.5 Å². The first kappa shape index (κ1) is 24.7. The molecule has 2 N–H and O–H groups in total. The van der Waals surface area contributed by atoms with Crippen molar-refractivity contribution < 1.29 is 19.1 Å². The lowest BCUT2D eigenvalue weighted by molar-refractivity contribution is -0.120. The first-order chi connectivity index (χ1) is 18.9. The number of carbonyl (C=O) groups is 3. The largest absolute Gasteiger partial charge is 0.497 e. The van der Waals surface area contributed by atoms with Crippen LogP contribution in [0.15, 0.2) is 72.8 Å². The number of fused-ring (bicyclic) bond motifs is 4. The zero-order valence-electron chi connectivity index (χ0n) is 22.1. The number of H-pyrrole nitrogens is 1. The Morgan fingerprint density at radius 2 is 1.82 bits per heavy atom. The number of carbonyl (C=O) groups excluding carboxylic acids is 3. The molecular formula is C31H30N4O4. The number of hydrogen-bond donors (Lipinski definition) is 2. The molecule has 6 rings (SSSR count). The first-order valence-corrected chi connectivity index (χ1v) is 13.1. The maximum atomic E-state index is 14.0. The number of nitrogens with zero attached hydrogens (tertiary/aromatic N) is 2. The van der Waals surface area contributed by atoms with Crippen molar-refractivity contribution in [3.05, 3.63) is 95.2 Å². The molecule has 2 atom stereocenters. The molecule has 3 aromatic carbocycles. The number of para-hydroxylation sites is 1. The summed E-state index contributed by atoms with van der Waals surface area (Å²) in [6.07, 6.45) is 0.413. The van der Waals surface area contributed by atoms with Crippen molar-refractivity contribution in [2.24, 2.45) is 5.92 Å². The van der Waals surface area contributed by atoms with Gasteiger partial charge >= 0.3 is 6.03 Å². The predicted molar refractivity (Wildman–Crippen MR) is 149 cm³/mol. The summed E-state index contributed by atoms with van der Waals surface area (Å²) < 4.78 is 5.48. The number of aromatic nitrogens is 1. The third-order valence-corrected chi connectivity index (χ3v) is 7.52. The SMILES string of the molecule is COc1cccc([C@@H]2c3[nH]c4ccccc4c3C[C@H]3C(=O)N(c4ccc(C(=O)NCC(C)C)cc4)C(=O)N23)c1. The van der Waals surface area contributed by atoms with Gasteiger partial charge in [-0.15, -0.1) is 0 Å². The van der Waals surface area contributed by atoms with Gasteiger partial charge in [-0.25, -0.2) is 9.69 Å². The minimum atomic E-state index is -0.658. The highest BCUT2D eigenvalue weighted by atomic mass is 16.5. The molecule has 0 unspecified atom stereocenters. The van der Waals surface area contributed by atoms with Crippen LogP contribution < -0.4 is 15.0 Å². The van der Waals surface area contributed by atoms with Gasteiger partial charge in [-0.1, -0.05) is 44.2 Å². The van der Waals surface area contributed by atoms with Crippen molar-refractivity contribution in [3.8, 4) is 5.75 Å². The molecule has 4 amide bonds. The van der Waals surface area contributed by atoms with Gasteiger partial charge in [0.05, 0.1) is 12.8 Å². The summed E-state index contributed by atoms with van der Waals surface area (Å²) in [7, 11) is 1.61. The highest BCUT2D eigenvalue weighted by Gasteiger charge is 2.53. The zero-order valence-corrected chi connectivity index (χ0v) is 22.1. The fraction of sp³-hybridized carbons (Fsp3) is 0.258. The molecule has 8 nitrogen and oxygen atoms in total. The third kappa shape index (κ3) is 4.12. The number of ether oxygens (including phenoxy) is 1. The van der Waals surface area contributed by atoms with Crippen molar-refractivity contribution in [2.45, 2.75) is 32.4 Å². The van der Waals surface area contributed by atoms with E-state index in [1.165, 1.54) is 4.90 Å². The van der Waals surface area contributed by atoms with Crippen LogP contribution in [-0.4, -0.2) is 47.4 Å². The number of methoxy groups -OCH3 is 1. The van der Waals surface area contributed by atoms with Crippen molar-refractivity contribution in [3.63, 3.8) is 0 Å². The van der Waals surface area contributed by atoms with Gasteiger partial charge in [0.2, 0.25) is 0 Å². The number of anilines is 1. The standard InChI is InChI=1S/C31H30N4O4/c1-18(2)17-32-29(36)19-11-13-21(14-12-19)34-30(37)26-16-24-23-9-4-5-10-25(23)33-27(24)28(35(26)31(34)38)20-7-6-8-22(15-20)39-3/h4-15,18,26,28,33H,16-17H2,1-3H3,(H,32,36)/t26-,28+/m0/s1. The average molecular weight is 523 g/mol. The second-order valence-electron chi connectivity index (χ2n) is 10.5. The summed E-state index contributed by atoms with van der Waals surface area (Å²) in [6.45, 7) is 4.63. The Bertz CT molecular complexity index is 1590. The lowest BCUT2D eigenvalue weighted by Gasteiger charge is -2.36. The maximum Gasteiger partial charge on any atom is 0.332 e. The molecule has 8 heteroatoms. The molecule has 4 aromatic rings. The normalized spacial score (nSPS) is 18.5. The number of urea groups is 1. The number of benzene rings is 3. The molecule has 1 saturated heterocycles. The van der Waals surface area contributed by atoms with E-state index in [1.54, 1.807) is 36.3 Å². The van der Waals surface area contributed by atoms with E-state index in [4.69, 9.17) is 4.74 Å². The number of aromatic amines is 1. The van der Waals surface area contributed by atoms with Crippen molar-refractivity contribution >= 4 is 34.4 Å². The van der Waals surface area contributed by atoms with Crippen molar-refractivity contribution in [1.29, 1.82) is 0 Å². The van der Waals surface area contributed by atoms with E-state index in [2.05, 4.69) is 10.3 Å². The summed E-state index contributed by atoms with van der Waals surface area (Å²) in [6, 6.07) is 20.7. The van der Waals surface area contributed by atoms with Crippen LogP contribution in [0.5, 0.6) is 5.75 Å². The van der Waals surface area contributed by atoms with Crippen LogP contribution >= 0.6 is 0 Å². The summed E-state index contributed by atoms with van der Waals surface area (Å²) in [4.78, 5) is 46.8. The summed E-state index contributed by atoms with van der Waals surface area (Å²) in [5.41, 5.74) is 4.69. The van der Waals surface area contributed by atoms with Crippen LogP contribution in [0.2, 0.25) is 0 Å². The lowest BCUT2D eigenvalue weighted by atomic mass is 9.89. The molecule has 1 fully saturated rings. The fourth-order valence-electron chi connectivity index (χ4n) is 5.63. The molecule has 0 radical (unpaired) electrons. The fourth-order valence-corrected chi connectivity index (χ4v) is 5.63. The van der Waals surface area contributed by atoms with Gasteiger partial charge in [-0.2, -0.15) is 0 Å². The van der Waals surface area contributed by atoms with Crippen molar-refractivity contribution in [1.82, 2.24) is 15.2 Å². The molecular weight excluding hydrogens is 492 g/mol. The molecule has 3 heterocycles. The topological polar surface area (TPSA) is 94.7 Å². The molecule has 1 aromatic heterocycles. The quantitative estimate of drug-likeness (QED) is 0.347. The van der Waals surface area contributed by atoms with Gasteiger partial charge in [0.15, 0.2) is 0 Å². The second kappa shape index (κ2) is 9.62. The van der Waals surface area contributed by atoms with E-state index in [9.17, 15) is 14.4 Å². The second-order valence-corrected chi connectivity index (χ2v) is 10.5. The predicted octanol–water partition coefficient (Wildman–Crippen LogP) is 5.05. The highest BCUT2D eigenvalue weighted by Crippen LogP contribution is 2.45. The van der Waals surface area contributed by atoms with E-state index in [0.29, 0.717) is 35.9 Å². The van der Waals surface area contributed by atoms with Crippen LogP contribution in [0.25, 0.3) is 10.9 Å². The Balaban J connectivity index is 1.39. The highest BCUT2D eigenvalue weighted by molar-refractivity contribution is 6.22. The number of nitrogens with one attached hydrogen (secondary N) is 2. The minimum absolute atomic E-state index is 0.185. The Kier molecular flexibility index (Phi) is 6.10. The molecule has 2 aliphatic heterocycles. The monoisotopic (exact) mass is 522 g/mol. The smallest absolute Gasteiger partial charge is 0.332 e. The first-order valence-electron chi connectivity index (χ1n) is 13.1. The van der Waals surface area contributed by atoms with E-state index >= 15 is 0 Å². The zero-order chi connectivity index (χ0) is 27.3. The summed E-state index contributed by atoms with van der Waals surface area (Å²) in [5.74, 6) is 0.546. The Hall–Kier alpha value is -4.59. The average Bonchev–Trinajstić information content (AvgIpc) is 3.44. The van der Waals surface area contributed by atoms with Crippen LogP contribution in [-0.2, 0) is 11.2 Å². The van der Waals surface area contributed by atoms with Gasteiger partial charge in [0, 0.05) is 35.1 Å². The molecule has 0 spiro atoms. The number of hydrogen-bond acceptors (Lipinski definition) is 4. The van der Waals surface area contributed by atoms with E-state index in [-0.39, 0.29) is 17.8 Å². The van der Waals surface area contributed by atoms with Crippen LogP contribution in [0.1, 0.15) is 47.1 Å². The number of amides is 4. The molecule has 0 bridgehead atoms. The van der Waals surface area contributed by atoms with Gasteiger partial charge in [0.1, 0.15) is 17.8 Å². The molecule has 0 saturated carbocycles.